The molecule has 2 rings (SSSR count). The van der Waals surface area contributed by atoms with Gasteiger partial charge >= 0.3 is 5.97 Å². The van der Waals surface area contributed by atoms with Crippen molar-refractivity contribution in [3.8, 4) is 0 Å². The molecule has 7 heteroatoms. The zero-order valence-electron chi connectivity index (χ0n) is 10.8. The second kappa shape index (κ2) is 6.51. The zero-order chi connectivity index (χ0) is 14.5. The molecular formula is C13H13FN2O3S. The van der Waals surface area contributed by atoms with E-state index in [4.69, 9.17) is 9.63 Å². The Morgan fingerprint density at radius 2 is 2.30 bits per heavy atom. The highest BCUT2D eigenvalue weighted by Crippen LogP contribution is 2.24. The molecule has 0 amide bonds. The second-order valence-corrected chi connectivity index (χ2v) is 5.14. The lowest BCUT2D eigenvalue weighted by Crippen LogP contribution is -2.00. The predicted octanol–water partition coefficient (Wildman–Crippen LogP) is 3.15. The van der Waals surface area contributed by atoms with Crippen molar-refractivity contribution in [3.05, 3.63) is 41.3 Å². The molecular weight excluding hydrogens is 283 g/mol. The molecule has 0 saturated heterocycles. The lowest BCUT2D eigenvalue weighted by atomic mass is 10.2. The Morgan fingerprint density at radius 1 is 1.50 bits per heavy atom. The number of halogens is 1. The minimum Gasteiger partial charge on any atom is -0.478 e. The van der Waals surface area contributed by atoms with Gasteiger partial charge in [-0.3, -0.25) is 0 Å². The molecule has 0 spiro atoms. The summed E-state index contributed by atoms with van der Waals surface area (Å²) in [6.45, 7) is 2.02. The van der Waals surface area contributed by atoms with Gasteiger partial charge in [0.1, 0.15) is 5.82 Å². The van der Waals surface area contributed by atoms with E-state index in [1.807, 2.05) is 6.92 Å². The van der Waals surface area contributed by atoms with Crippen molar-refractivity contribution >= 4 is 17.7 Å². The van der Waals surface area contributed by atoms with Crippen LogP contribution in [0.15, 0.2) is 27.6 Å². The number of aromatic carboxylic acids is 1. The van der Waals surface area contributed by atoms with Crippen LogP contribution >= 0.6 is 11.8 Å². The SMILES string of the molecule is CCCc1nc(CSc2ccc(F)c(C(=O)O)c2)no1. The molecule has 0 aliphatic carbocycles. The van der Waals surface area contributed by atoms with Gasteiger partial charge in [0.25, 0.3) is 0 Å². The highest BCUT2D eigenvalue weighted by atomic mass is 32.2. The largest absolute Gasteiger partial charge is 0.478 e. The number of carbonyl (C=O) groups is 1. The summed E-state index contributed by atoms with van der Waals surface area (Å²) in [6.07, 6.45) is 1.66. The van der Waals surface area contributed by atoms with E-state index in [1.165, 1.54) is 23.9 Å². The van der Waals surface area contributed by atoms with Gasteiger partial charge in [0, 0.05) is 11.3 Å². The summed E-state index contributed by atoms with van der Waals surface area (Å²) in [7, 11) is 0. The summed E-state index contributed by atoms with van der Waals surface area (Å²) in [5.74, 6) is -0.452. The molecule has 0 bridgehead atoms. The molecule has 1 N–H and O–H groups in total. The third-order valence-corrected chi connectivity index (χ3v) is 3.50. The Labute approximate surface area is 119 Å². The van der Waals surface area contributed by atoms with E-state index in [0.717, 1.165) is 18.9 Å². The minimum atomic E-state index is -1.28. The fourth-order valence-corrected chi connectivity index (χ4v) is 2.35. The van der Waals surface area contributed by atoms with Gasteiger partial charge in [-0.1, -0.05) is 12.1 Å². The number of hydrogen-bond acceptors (Lipinski definition) is 5. The first-order chi connectivity index (χ1) is 9.60. The Balaban J connectivity index is 2.03. The molecule has 106 valence electrons. The van der Waals surface area contributed by atoms with Crippen molar-refractivity contribution in [2.45, 2.75) is 30.4 Å². The fraction of sp³-hybridized carbons (Fsp3) is 0.308. The molecule has 1 heterocycles. The lowest BCUT2D eigenvalue weighted by molar-refractivity contribution is 0.0691. The molecule has 0 aliphatic rings. The van der Waals surface area contributed by atoms with Crippen molar-refractivity contribution in [3.63, 3.8) is 0 Å². The molecule has 1 aromatic heterocycles. The molecule has 20 heavy (non-hydrogen) atoms. The quantitative estimate of drug-likeness (QED) is 0.825. The van der Waals surface area contributed by atoms with E-state index >= 15 is 0 Å². The van der Waals surface area contributed by atoms with Crippen LogP contribution in [0.5, 0.6) is 0 Å². The van der Waals surface area contributed by atoms with Crippen molar-refractivity contribution in [1.29, 1.82) is 0 Å². The fourth-order valence-electron chi connectivity index (χ4n) is 1.57. The van der Waals surface area contributed by atoms with Crippen LogP contribution in [0.4, 0.5) is 4.39 Å². The molecule has 5 nitrogen and oxygen atoms in total. The van der Waals surface area contributed by atoms with Gasteiger partial charge in [0.05, 0.1) is 11.3 Å². The van der Waals surface area contributed by atoms with E-state index in [-0.39, 0.29) is 5.56 Å². The average Bonchev–Trinajstić information content (AvgIpc) is 2.86. The highest BCUT2D eigenvalue weighted by Gasteiger charge is 2.12. The second-order valence-electron chi connectivity index (χ2n) is 4.09. The van der Waals surface area contributed by atoms with Crippen LogP contribution in [0.2, 0.25) is 0 Å². The van der Waals surface area contributed by atoms with Crippen molar-refractivity contribution in [2.24, 2.45) is 0 Å². The topological polar surface area (TPSA) is 76.2 Å². The first kappa shape index (κ1) is 14.5. The van der Waals surface area contributed by atoms with E-state index in [1.54, 1.807) is 0 Å². The van der Waals surface area contributed by atoms with Gasteiger partial charge in [0.15, 0.2) is 5.82 Å². The van der Waals surface area contributed by atoms with Crippen molar-refractivity contribution in [1.82, 2.24) is 10.1 Å². The van der Waals surface area contributed by atoms with Crippen LogP contribution < -0.4 is 0 Å². The summed E-state index contributed by atoms with van der Waals surface area (Å²) in [6, 6.07) is 3.97. The van der Waals surface area contributed by atoms with Gasteiger partial charge in [-0.15, -0.1) is 11.8 Å². The smallest absolute Gasteiger partial charge is 0.338 e. The van der Waals surface area contributed by atoms with Crippen LogP contribution in [0.25, 0.3) is 0 Å². The Kier molecular flexibility index (Phi) is 4.73. The Hall–Kier alpha value is -1.89. The molecule has 0 aliphatic heterocycles. The zero-order valence-corrected chi connectivity index (χ0v) is 11.6. The number of thioether (sulfide) groups is 1. The number of carboxylic acids is 1. The maximum absolute atomic E-state index is 13.2. The molecule has 0 unspecified atom stereocenters. The number of aryl methyl sites for hydroxylation is 1. The maximum atomic E-state index is 13.2. The number of carboxylic acid groups (broad SMARTS) is 1. The summed E-state index contributed by atoms with van der Waals surface area (Å²) in [5.41, 5.74) is -0.338. The predicted molar refractivity (Wildman–Crippen MR) is 71.2 cm³/mol. The van der Waals surface area contributed by atoms with E-state index in [9.17, 15) is 9.18 Å². The van der Waals surface area contributed by atoms with Crippen LogP contribution in [-0.4, -0.2) is 21.2 Å². The molecule has 0 saturated carbocycles. The van der Waals surface area contributed by atoms with Gasteiger partial charge in [-0.2, -0.15) is 4.98 Å². The van der Waals surface area contributed by atoms with Gasteiger partial charge in [-0.25, -0.2) is 9.18 Å². The standard InChI is InChI=1S/C13H13FN2O3S/c1-2-3-12-15-11(16-19-12)7-20-8-4-5-10(14)9(6-8)13(17)18/h4-6H,2-3,7H2,1H3,(H,17,18). The van der Waals surface area contributed by atoms with Crippen LogP contribution in [-0.2, 0) is 12.2 Å². The Morgan fingerprint density at radius 3 is 3.00 bits per heavy atom. The molecule has 0 fully saturated rings. The number of nitrogens with zero attached hydrogens (tertiary/aromatic N) is 2. The lowest BCUT2D eigenvalue weighted by Gasteiger charge is -2.01. The third kappa shape index (κ3) is 3.57. The summed E-state index contributed by atoms with van der Waals surface area (Å²) >= 11 is 1.33. The van der Waals surface area contributed by atoms with Crippen LogP contribution in [0.1, 0.15) is 35.4 Å². The summed E-state index contributed by atoms with van der Waals surface area (Å²) in [4.78, 5) is 15.7. The number of rotatable bonds is 6. The Bertz CT molecular complexity index is 615. The van der Waals surface area contributed by atoms with Crippen LogP contribution in [0, 0.1) is 5.82 Å². The molecule has 2 aromatic rings. The maximum Gasteiger partial charge on any atom is 0.338 e. The first-order valence-electron chi connectivity index (χ1n) is 6.07. The summed E-state index contributed by atoms with van der Waals surface area (Å²) in [5, 5.41) is 12.7. The van der Waals surface area contributed by atoms with Gasteiger partial charge in [-0.05, 0) is 24.6 Å². The third-order valence-electron chi connectivity index (χ3n) is 2.51. The van der Waals surface area contributed by atoms with Gasteiger partial charge < -0.3 is 9.63 Å². The number of hydrogen-bond donors (Lipinski definition) is 1. The minimum absolute atomic E-state index is 0.338. The van der Waals surface area contributed by atoms with Crippen molar-refractivity contribution in [2.75, 3.05) is 0 Å². The van der Waals surface area contributed by atoms with Crippen molar-refractivity contribution < 1.29 is 18.8 Å². The number of aromatic nitrogens is 2. The first-order valence-corrected chi connectivity index (χ1v) is 7.05. The normalized spacial score (nSPS) is 10.7. The summed E-state index contributed by atoms with van der Waals surface area (Å²) < 4.78 is 18.3. The monoisotopic (exact) mass is 296 g/mol. The molecule has 1 aromatic carbocycles. The van der Waals surface area contributed by atoms with E-state index in [0.29, 0.717) is 22.4 Å². The van der Waals surface area contributed by atoms with E-state index < -0.39 is 11.8 Å². The average molecular weight is 296 g/mol. The van der Waals surface area contributed by atoms with Crippen LogP contribution in [0.3, 0.4) is 0 Å². The van der Waals surface area contributed by atoms with Gasteiger partial charge in [0.2, 0.25) is 5.89 Å². The van der Waals surface area contributed by atoms with E-state index in [2.05, 4.69) is 10.1 Å². The molecule has 0 atom stereocenters. The molecule has 0 radical (unpaired) electrons. The highest BCUT2D eigenvalue weighted by molar-refractivity contribution is 7.98. The number of benzene rings is 1.